The summed E-state index contributed by atoms with van der Waals surface area (Å²) >= 11 is 3.50. The molecule has 2 aromatic carbocycles. The van der Waals surface area contributed by atoms with Crippen LogP contribution in [0.25, 0.3) is 0 Å². The Balaban J connectivity index is 2.01. The molecule has 0 aliphatic rings. The molecule has 0 heterocycles. The van der Waals surface area contributed by atoms with Crippen LogP contribution in [0, 0.1) is 0 Å². The fraction of sp³-hybridized carbons (Fsp3) is 0.294. The largest absolute Gasteiger partial charge is 0.496 e. The van der Waals surface area contributed by atoms with E-state index in [-0.39, 0.29) is 0 Å². The molecule has 2 aromatic rings. The van der Waals surface area contributed by atoms with Crippen molar-refractivity contribution in [3.8, 4) is 5.75 Å². The number of halogens is 1. The molecular weight excluding hydrogens is 314 g/mol. The maximum absolute atomic E-state index is 5.39. The highest BCUT2D eigenvalue weighted by atomic mass is 79.9. The average molecular weight is 334 g/mol. The Bertz CT molecular complexity index is 569. The van der Waals surface area contributed by atoms with Crippen LogP contribution in [-0.2, 0) is 19.5 Å². The second-order valence-corrected chi connectivity index (χ2v) is 5.60. The minimum Gasteiger partial charge on any atom is -0.496 e. The van der Waals surface area contributed by atoms with E-state index in [9.17, 15) is 0 Å². The number of nitrogens with one attached hydrogen (secondary N) is 1. The molecule has 0 radical (unpaired) electrons. The fourth-order valence-electron chi connectivity index (χ4n) is 2.29. The fourth-order valence-corrected chi connectivity index (χ4v) is 2.70. The Hall–Kier alpha value is -1.32. The predicted molar refractivity (Wildman–Crippen MR) is 87.1 cm³/mol. The summed E-state index contributed by atoms with van der Waals surface area (Å²) in [6.07, 6.45) is 1.07. The van der Waals surface area contributed by atoms with Gasteiger partial charge in [-0.25, -0.2) is 0 Å². The number of hydrogen-bond acceptors (Lipinski definition) is 2. The Kier molecular flexibility index (Phi) is 5.62. The van der Waals surface area contributed by atoms with Crippen molar-refractivity contribution in [2.24, 2.45) is 0 Å². The van der Waals surface area contributed by atoms with Crippen LogP contribution in [-0.4, -0.2) is 7.11 Å². The van der Waals surface area contributed by atoms with Crippen LogP contribution in [0.2, 0.25) is 0 Å². The van der Waals surface area contributed by atoms with Gasteiger partial charge in [0.15, 0.2) is 0 Å². The van der Waals surface area contributed by atoms with Crippen molar-refractivity contribution in [1.29, 1.82) is 0 Å². The van der Waals surface area contributed by atoms with Gasteiger partial charge < -0.3 is 10.1 Å². The van der Waals surface area contributed by atoms with E-state index in [1.807, 2.05) is 12.1 Å². The van der Waals surface area contributed by atoms with Gasteiger partial charge in [0.1, 0.15) is 5.75 Å². The van der Waals surface area contributed by atoms with Gasteiger partial charge in [-0.3, -0.25) is 0 Å². The maximum atomic E-state index is 5.39. The van der Waals surface area contributed by atoms with Crippen LogP contribution >= 0.6 is 15.9 Å². The molecule has 0 aromatic heterocycles. The van der Waals surface area contributed by atoms with E-state index >= 15 is 0 Å². The zero-order chi connectivity index (χ0) is 14.4. The van der Waals surface area contributed by atoms with Gasteiger partial charge in [0, 0.05) is 23.1 Å². The van der Waals surface area contributed by atoms with Crippen LogP contribution in [0.1, 0.15) is 23.6 Å². The van der Waals surface area contributed by atoms with E-state index in [0.29, 0.717) is 0 Å². The number of benzene rings is 2. The van der Waals surface area contributed by atoms with E-state index in [2.05, 4.69) is 58.5 Å². The highest BCUT2D eigenvalue weighted by molar-refractivity contribution is 9.10. The lowest BCUT2D eigenvalue weighted by molar-refractivity contribution is 0.407. The first-order valence-corrected chi connectivity index (χ1v) is 7.63. The monoisotopic (exact) mass is 333 g/mol. The predicted octanol–water partition coefficient (Wildman–Crippen LogP) is 4.31. The molecule has 2 rings (SSSR count). The van der Waals surface area contributed by atoms with Crippen molar-refractivity contribution in [2.45, 2.75) is 26.4 Å². The molecule has 0 atom stereocenters. The van der Waals surface area contributed by atoms with Gasteiger partial charge in [0.05, 0.1) is 7.11 Å². The van der Waals surface area contributed by atoms with Gasteiger partial charge in [-0.15, -0.1) is 0 Å². The molecular formula is C17H20BrNO. The van der Waals surface area contributed by atoms with E-state index in [1.54, 1.807) is 7.11 Å². The molecule has 0 aliphatic carbocycles. The quantitative estimate of drug-likeness (QED) is 0.850. The van der Waals surface area contributed by atoms with Gasteiger partial charge in [-0.05, 0) is 35.7 Å². The van der Waals surface area contributed by atoms with Crippen molar-refractivity contribution < 1.29 is 4.74 Å². The number of aryl methyl sites for hydroxylation is 1. The number of ether oxygens (including phenoxy) is 1. The van der Waals surface area contributed by atoms with Crippen LogP contribution < -0.4 is 10.1 Å². The number of hydrogen-bond donors (Lipinski definition) is 1. The maximum Gasteiger partial charge on any atom is 0.123 e. The summed E-state index contributed by atoms with van der Waals surface area (Å²) in [5.41, 5.74) is 3.93. The van der Waals surface area contributed by atoms with Crippen molar-refractivity contribution in [2.75, 3.05) is 7.11 Å². The third-order valence-electron chi connectivity index (χ3n) is 3.37. The molecule has 0 amide bonds. The van der Waals surface area contributed by atoms with Crippen LogP contribution in [0.15, 0.2) is 46.9 Å². The topological polar surface area (TPSA) is 21.3 Å². The Morgan fingerprint density at radius 2 is 1.70 bits per heavy atom. The molecule has 0 aliphatic heterocycles. The molecule has 0 saturated heterocycles. The molecule has 0 saturated carbocycles. The summed E-state index contributed by atoms with van der Waals surface area (Å²) in [5, 5.41) is 3.49. The molecule has 0 unspecified atom stereocenters. The van der Waals surface area contributed by atoms with E-state index in [0.717, 1.165) is 35.3 Å². The van der Waals surface area contributed by atoms with E-state index in [1.165, 1.54) is 11.1 Å². The molecule has 106 valence electrons. The smallest absolute Gasteiger partial charge is 0.123 e. The van der Waals surface area contributed by atoms with Crippen LogP contribution in [0.3, 0.4) is 0 Å². The lowest BCUT2D eigenvalue weighted by atomic mass is 10.1. The summed E-state index contributed by atoms with van der Waals surface area (Å²) < 4.78 is 6.46. The summed E-state index contributed by atoms with van der Waals surface area (Å²) in [6.45, 7) is 3.86. The lowest BCUT2D eigenvalue weighted by Gasteiger charge is -2.12. The number of methoxy groups -OCH3 is 1. The Labute approximate surface area is 129 Å². The Morgan fingerprint density at radius 3 is 2.40 bits per heavy atom. The number of rotatable bonds is 6. The van der Waals surface area contributed by atoms with Gasteiger partial charge in [0.2, 0.25) is 0 Å². The normalized spacial score (nSPS) is 10.6. The van der Waals surface area contributed by atoms with Crippen molar-refractivity contribution >= 4 is 15.9 Å². The molecule has 3 heteroatoms. The van der Waals surface area contributed by atoms with Crippen LogP contribution in [0.5, 0.6) is 5.75 Å². The zero-order valence-corrected chi connectivity index (χ0v) is 13.5. The molecule has 0 spiro atoms. The molecule has 1 N–H and O–H groups in total. The zero-order valence-electron chi connectivity index (χ0n) is 11.9. The van der Waals surface area contributed by atoms with Gasteiger partial charge >= 0.3 is 0 Å². The van der Waals surface area contributed by atoms with Crippen molar-refractivity contribution in [3.05, 3.63) is 63.6 Å². The third kappa shape index (κ3) is 3.84. The first-order valence-electron chi connectivity index (χ1n) is 6.84. The highest BCUT2D eigenvalue weighted by Crippen LogP contribution is 2.22. The molecule has 2 nitrogen and oxygen atoms in total. The van der Waals surface area contributed by atoms with E-state index < -0.39 is 0 Å². The molecule has 20 heavy (non-hydrogen) atoms. The first kappa shape index (κ1) is 15.1. The van der Waals surface area contributed by atoms with Gasteiger partial charge in [0.25, 0.3) is 0 Å². The van der Waals surface area contributed by atoms with Gasteiger partial charge in [-0.1, -0.05) is 47.1 Å². The molecule has 0 fully saturated rings. The summed E-state index contributed by atoms with van der Waals surface area (Å²) in [4.78, 5) is 0. The SMILES string of the molecule is CCc1ccccc1CNCc1cc(Br)ccc1OC. The minimum absolute atomic E-state index is 0.792. The first-order chi connectivity index (χ1) is 9.74. The lowest BCUT2D eigenvalue weighted by Crippen LogP contribution is -2.14. The standard InChI is InChI=1S/C17H20BrNO/c1-3-13-6-4-5-7-14(13)11-19-12-15-10-16(18)8-9-17(15)20-2/h4-10,19H,3,11-12H2,1-2H3. The molecule has 0 bridgehead atoms. The average Bonchev–Trinajstić information content (AvgIpc) is 2.48. The summed E-state index contributed by atoms with van der Waals surface area (Å²) in [7, 11) is 1.71. The minimum atomic E-state index is 0.792. The highest BCUT2D eigenvalue weighted by Gasteiger charge is 2.04. The van der Waals surface area contributed by atoms with Crippen molar-refractivity contribution in [1.82, 2.24) is 5.32 Å². The summed E-state index contributed by atoms with van der Waals surface area (Å²) in [6, 6.07) is 14.6. The van der Waals surface area contributed by atoms with E-state index in [4.69, 9.17) is 4.74 Å². The van der Waals surface area contributed by atoms with Gasteiger partial charge in [-0.2, -0.15) is 0 Å². The third-order valence-corrected chi connectivity index (χ3v) is 3.87. The van der Waals surface area contributed by atoms with Crippen molar-refractivity contribution in [3.63, 3.8) is 0 Å². The Morgan fingerprint density at radius 1 is 1.00 bits per heavy atom. The second kappa shape index (κ2) is 7.46. The summed E-state index contributed by atoms with van der Waals surface area (Å²) in [5.74, 6) is 0.921. The van der Waals surface area contributed by atoms with Crippen LogP contribution in [0.4, 0.5) is 0 Å². The second-order valence-electron chi connectivity index (χ2n) is 4.68.